The first kappa shape index (κ1) is 12.2. The topological polar surface area (TPSA) is 17.1 Å². The van der Waals surface area contributed by atoms with Gasteiger partial charge >= 0.3 is 0 Å². The molecule has 0 saturated carbocycles. The number of hydrogen-bond acceptors (Lipinski definition) is 1. The highest BCUT2D eigenvalue weighted by Crippen LogP contribution is 1.98. The molecule has 2 aromatic carbocycles. The van der Waals surface area contributed by atoms with Gasteiger partial charge in [0.2, 0.25) is 0 Å². The summed E-state index contributed by atoms with van der Waals surface area (Å²) in [5.41, 5.74) is 1.09. The predicted octanol–water partition coefficient (Wildman–Crippen LogP) is 3.50. The van der Waals surface area contributed by atoms with Gasteiger partial charge in [-0.3, -0.25) is 4.79 Å². The first-order valence-corrected chi connectivity index (χ1v) is 5.32. The van der Waals surface area contributed by atoms with Crippen molar-refractivity contribution < 1.29 is 4.79 Å². The Labute approximate surface area is 96.8 Å². The molecule has 16 heavy (non-hydrogen) atoms. The molecule has 0 bridgehead atoms. The Hall–Kier alpha value is -1.89. The predicted molar refractivity (Wildman–Crippen MR) is 67.3 cm³/mol. The molecule has 0 aromatic heterocycles. The van der Waals surface area contributed by atoms with E-state index in [2.05, 4.69) is 0 Å². The van der Waals surface area contributed by atoms with Crippen LogP contribution in [0.4, 0.5) is 0 Å². The first-order chi connectivity index (χ1) is 7.79. The molecular weight excluding hydrogens is 196 g/mol. The number of hydrogen-bond donors (Lipinski definition) is 0. The minimum Gasteiger partial charge on any atom is -0.300 e. The van der Waals surface area contributed by atoms with Gasteiger partial charge in [-0.05, 0) is 12.5 Å². The van der Waals surface area contributed by atoms with Crippen LogP contribution < -0.4 is 0 Å². The summed E-state index contributed by atoms with van der Waals surface area (Å²) >= 11 is 0. The summed E-state index contributed by atoms with van der Waals surface area (Å²) in [5, 5.41) is 0. The van der Waals surface area contributed by atoms with E-state index in [9.17, 15) is 4.79 Å². The Balaban J connectivity index is 0.000000181. The van der Waals surface area contributed by atoms with Gasteiger partial charge in [0, 0.05) is 6.42 Å². The van der Waals surface area contributed by atoms with E-state index in [4.69, 9.17) is 0 Å². The SMILES string of the molecule is CC(=O)Cc1ccccc1.c1ccccc1. The van der Waals surface area contributed by atoms with Gasteiger partial charge in [-0.25, -0.2) is 0 Å². The van der Waals surface area contributed by atoms with Crippen molar-refractivity contribution >= 4 is 5.78 Å². The molecule has 82 valence electrons. The van der Waals surface area contributed by atoms with Crippen LogP contribution in [0.15, 0.2) is 66.7 Å². The van der Waals surface area contributed by atoms with Crippen molar-refractivity contribution in [2.24, 2.45) is 0 Å². The molecule has 0 aliphatic rings. The highest BCUT2D eigenvalue weighted by atomic mass is 16.1. The summed E-state index contributed by atoms with van der Waals surface area (Å²) < 4.78 is 0. The van der Waals surface area contributed by atoms with E-state index in [1.165, 1.54) is 0 Å². The van der Waals surface area contributed by atoms with E-state index >= 15 is 0 Å². The fourth-order valence-electron chi connectivity index (χ4n) is 1.27. The Morgan fingerprint density at radius 3 is 1.56 bits per heavy atom. The molecule has 2 aromatic rings. The van der Waals surface area contributed by atoms with Crippen molar-refractivity contribution in [2.75, 3.05) is 0 Å². The third kappa shape index (κ3) is 5.76. The van der Waals surface area contributed by atoms with Crippen LogP contribution >= 0.6 is 0 Å². The summed E-state index contributed by atoms with van der Waals surface area (Å²) in [6.07, 6.45) is 0.556. The van der Waals surface area contributed by atoms with Gasteiger partial charge in [-0.2, -0.15) is 0 Å². The van der Waals surface area contributed by atoms with E-state index in [1.807, 2.05) is 66.7 Å². The molecule has 0 N–H and O–H groups in total. The maximum Gasteiger partial charge on any atom is 0.134 e. The van der Waals surface area contributed by atoms with Crippen molar-refractivity contribution in [1.82, 2.24) is 0 Å². The van der Waals surface area contributed by atoms with Crippen LogP contribution in [0.25, 0.3) is 0 Å². The number of benzene rings is 2. The Morgan fingerprint density at radius 2 is 1.19 bits per heavy atom. The van der Waals surface area contributed by atoms with E-state index in [-0.39, 0.29) is 5.78 Å². The van der Waals surface area contributed by atoms with Crippen molar-refractivity contribution in [1.29, 1.82) is 0 Å². The number of rotatable bonds is 2. The first-order valence-electron chi connectivity index (χ1n) is 5.32. The molecule has 1 heteroatoms. The second kappa shape index (κ2) is 7.41. The summed E-state index contributed by atoms with van der Waals surface area (Å²) in [4.78, 5) is 10.6. The normalized spacial score (nSPS) is 8.81. The quantitative estimate of drug-likeness (QED) is 0.744. The molecule has 0 radical (unpaired) electrons. The Morgan fingerprint density at radius 1 is 0.812 bits per heavy atom. The van der Waals surface area contributed by atoms with Gasteiger partial charge in [-0.15, -0.1) is 0 Å². The zero-order valence-corrected chi connectivity index (χ0v) is 9.47. The summed E-state index contributed by atoms with van der Waals surface area (Å²) in [6.45, 7) is 1.60. The number of carbonyl (C=O) groups is 1. The fraction of sp³-hybridized carbons (Fsp3) is 0.133. The minimum atomic E-state index is 0.214. The number of ketones is 1. The lowest BCUT2D eigenvalue weighted by atomic mass is 10.1. The lowest BCUT2D eigenvalue weighted by Crippen LogP contribution is -1.94. The van der Waals surface area contributed by atoms with Crippen LogP contribution in [0.3, 0.4) is 0 Å². The molecule has 0 fully saturated rings. The zero-order chi connectivity index (χ0) is 11.6. The van der Waals surface area contributed by atoms with Gasteiger partial charge in [0.15, 0.2) is 0 Å². The fourth-order valence-corrected chi connectivity index (χ4v) is 1.27. The van der Waals surface area contributed by atoms with Gasteiger partial charge in [0.25, 0.3) is 0 Å². The lowest BCUT2D eigenvalue weighted by Gasteiger charge is -1.93. The standard InChI is InChI=1S/C9H10O.C6H6/c1-8(10)7-9-5-3-2-4-6-9;1-2-4-6-5-3-1/h2-6H,7H2,1H3;1-6H. The molecule has 1 nitrogen and oxygen atoms in total. The van der Waals surface area contributed by atoms with Crippen LogP contribution in [-0.4, -0.2) is 5.78 Å². The average molecular weight is 212 g/mol. The number of Topliss-reactive ketones (excluding diaryl/α,β-unsaturated/α-hetero) is 1. The van der Waals surface area contributed by atoms with E-state index in [0.717, 1.165) is 5.56 Å². The van der Waals surface area contributed by atoms with Crippen LogP contribution in [0.5, 0.6) is 0 Å². The third-order valence-electron chi connectivity index (χ3n) is 1.96. The largest absolute Gasteiger partial charge is 0.300 e. The van der Waals surface area contributed by atoms with E-state index in [1.54, 1.807) is 6.92 Å². The van der Waals surface area contributed by atoms with Crippen molar-refractivity contribution in [3.8, 4) is 0 Å². The molecule has 0 spiro atoms. The maximum atomic E-state index is 10.6. The van der Waals surface area contributed by atoms with Crippen LogP contribution in [0.1, 0.15) is 12.5 Å². The average Bonchev–Trinajstić information content (AvgIpc) is 2.32. The van der Waals surface area contributed by atoms with E-state index < -0.39 is 0 Å². The zero-order valence-electron chi connectivity index (χ0n) is 9.47. The van der Waals surface area contributed by atoms with Crippen LogP contribution in [0.2, 0.25) is 0 Å². The van der Waals surface area contributed by atoms with Crippen LogP contribution in [-0.2, 0) is 11.2 Å². The van der Waals surface area contributed by atoms with Gasteiger partial charge < -0.3 is 0 Å². The highest BCUT2D eigenvalue weighted by molar-refractivity contribution is 5.78. The molecular formula is C15H16O. The van der Waals surface area contributed by atoms with Crippen molar-refractivity contribution in [3.05, 3.63) is 72.3 Å². The maximum absolute atomic E-state index is 10.6. The molecule has 0 atom stereocenters. The Bertz CT molecular complexity index is 366. The molecule has 0 heterocycles. The third-order valence-corrected chi connectivity index (χ3v) is 1.96. The van der Waals surface area contributed by atoms with Crippen LogP contribution in [0, 0.1) is 0 Å². The van der Waals surface area contributed by atoms with Crippen molar-refractivity contribution in [2.45, 2.75) is 13.3 Å². The van der Waals surface area contributed by atoms with Gasteiger partial charge in [0.1, 0.15) is 5.78 Å². The molecule has 2 rings (SSSR count). The van der Waals surface area contributed by atoms with E-state index in [0.29, 0.717) is 6.42 Å². The summed E-state index contributed by atoms with van der Waals surface area (Å²) in [7, 11) is 0. The molecule has 0 saturated heterocycles. The summed E-state index contributed by atoms with van der Waals surface area (Å²) in [5.74, 6) is 0.214. The second-order valence-corrected chi connectivity index (χ2v) is 3.52. The Kier molecular flexibility index (Phi) is 5.64. The minimum absolute atomic E-state index is 0.214. The van der Waals surface area contributed by atoms with Crippen molar-refractivity contribution in [3.63, 3.8) is 0 Å². The monoisotopic (exact) mass is 212 g/mol. The van der Waals surface area contributed by atoms with Gasteiger partial charge in [0.05, 0.1) is 0 Å². The molecule has 0 amide bonds. The lowest BCUT2D eigenvalue weighted by molar-refractivity contribution is -0.116. The molecule has 0 aliphatic heterocycles. The smallest absolute Gasteiger partial charge is 0.134 e. The molecule has 0 unspecified atom stereocenters. The summed E-state index contributed by atoms with van der Waals surface area (Å²) in [6, 6.07) is 21.8. The number of carbonyl (C=O) groups excluding carboxylic acids is 1. The highest BCUT2D eigenvalue weighted by Gasteiger charge is 1.93. The second-order valence-electron chi connectivity index (χ2n) is 3.52. The van der Waals surface area contributed by atoms with Gasteiger partial charge in [-0.1, -0.05) is 66.7 Å². The molecule has 0 aliphatic carbocycles.